The number of rotatable bonds is 4. The molecule has 0 bridgehead atoms. The van der Waals surface area contributed by atoms with Crippen molar-refractivity contribution in [2.45, 2.75) is 25.9 Å². The normalized spacial score (nSPS) is 12.3. The monoisotopic (exact) mass is 386 g/mol. The van der Waals surface area contributed by atoms with Crippen LogP contribution in [0.1, 0.15) is 35.6 Å². The predicted octanol–water partition coefficient (Wildman–Crippen LogP) is 6.60. The van der Waals surface area contributed by atoms with Crippen LogP contribution in [-0.4, -0.2) is 6.18 Å². The molecule has 0 atom stereocenters. The average Bonchev–Trinajstić information content (AvgIpc) is 2.59. The van der Waals surface area contributed by atoms with E-state index in [1.54, 1.807) is 12.1 Å². The molecular formula is C20H13F7. The molecule has 0 aliphatic carbocycles. The molecule has 0 unspecified atom stereocenters. The molecular weight excluding hydrogens is 373 g/mol. The summed E-state index contributed by atoms with van der Waals surface area (Å²) in [6, 6.07) is 6.64. The molecule has 0 aliphatic rings. The van der Waals surface area contributed by atoms with Crippen LogP contribution in [0.15, 0.2) is 36.4 Å². The molecule has 0 saturated heterocycles. The Morgan fingerprint density at radius 3 is 1.89 bits per heavy atom. The number of hydrogen-bond acceptors (Lipinski definition) is 0. The summed E-state index contributed by atoms with van der Waals surface area (Å²) >= 11 is 0. The van der Waals surface area contributed by atoms with Crippen LogP contribution in [0.5, 0.6) is 0 Å². The second-order valence-corrected chi connectivity index (χ2v) is 5.64. The number of halogens is 7. The fourth-order valence-corrected chi connectivity index (χ4v) is 2.31. The van der Waals surface area contributed by atoms with E-state index in [0.717, 1.165) is 24.3 Å². The van der Waals surface area contributed by atoms with Gasteiger partial charge in [0.1, 0.15) is 11.6 Å². The van der Waals surface area contributed by atoms with Crippen molar-refractivity contribution in [1.29, 1.82) is 0 Å². The highest BCUT2D eigenvalue weighted by Crippen LogP contribution is 2.31. The van der Waals surface area contributed by atoms with E-state index in [-0.39, 0.29) is 5.56 Å². The third-order valence-electron chi connectivity index (χ3n) is 3.56. The van der Waals surface area contributed by atoms with Crippen LogP contribution in [0.3, 0.4) is 0 Å². The summed E-state index contributed by atoms with van der Waals surface area (Å²) in [4.78, 5) is 0. The van der Waals surface area contributed by atoms with Crippen LogP contribution in [-0.2, 0) is 6.42 Å². The molecule has 2 aromatic rings. The smallest absolute Gasteiger partial charge is 0.205 e. The molecule has 0 aromatic heterocycles. The van der Waals surface area contributed by atoms with Gasteiger partial charge in [0.15, 0.2) is 11.7 Å². The quantitative estimate of drug-likeness (QED) is 0.316. The summed E-state index contributed by atoms with van der Waals surface area (Å²) in [5, 5.41) is 0. The van der Waals surface area contributed by atoms with Crippen molar-refractivity contribution in [2.75, 3.05) is 0 Å². The standard InChI is InChI=1S/C20H13F7/c1-2-3-12-4-6-13(7-5-12)18(23)19(24)14-10-16(21)15(17(22)11-14)8-9-20(25,26)27/h4-7,10-11H,2-3H2,1H3/b19-18+. The second kappa shape index (κ2) is 8.30. The fourth-order valence-electron chi connectivity index (χ4n) is 2.31. The number of hydrogen-bond donors (Lipinski definition) is 0. The molecule has 2 aromatic carbocycles. The van der Waals surface area contributed by atoms with Crippen molar-refractivity contribution >= 4 is 11.7 Å². The lowest BCUT2D eigenvalue weighted by molar-refractivity contribution is -0.0696. The van der Waals surface area contributed by atoms with E-state index in [9.17, 15) is 30.7 Å². The molecule has 0 saturated carbocycles. The third-order valence-corrected chi connectivity index (χ3v) is 3.56. The van der Waals surface area contributed by atoms with E-state index in [0.29, 0.717) is 12.1 Å². The first-order chi connectivity index (χ1) is 12.6. The Balaban J connectivity index is 2.41. The first-order valence-corrected chi connectivity index (χ1v) is 7.86. The highest BCUT2D eigenvalue weighted by atomic mass is 19.4. The highest BCUT2D eigenvalue weighted by molar-refractivity contribution is 5.83. The summed E-state index contributed by atoms with van der Waals surface area (Å²) < 4.78 is 92.4. The van der Waals surface area contributed by atoms with Gasteiger partial charge in [-0.2, -0.15) is 13.2 Å². The maximum Gasteiger partial charge on any atom is 0.458 e. The first-order valence-electron chi connectivity index (χ1n) is 7.86. The SMILES string of the molecule is CCCc1ccc(/C(F)=C(\F)c2cc(F)c(C#CC(F)(F)F)c(F)c2)cc1. The molecule has 0 heterocycles. The topological polar surface area (TPSA) is 0 Å². The van der Waals surface area contributed by atoms with Gasteiger partial charge in [-0.1, -0.05) is 43.5 Å². The zero-order valence-electron chi connectivity index (χ0n) is 14.0. The Hall–Kier alpha value is -2.75. The summed E-state index contributed by atoms with van der Waals surface area (Å²) in [5.41, 5.74) is -1.17. The van der Waals surface area contributed by atoms with Gasteiger partial charge in [0, 0.05) is 17.0 Å². The summed E-state index contributed by atoms with van der Waals surface area (Å²) in [5.74, 6) is -3.90. The lowest BCUT2D eigenvalue weighted by Gasteiger charge is -2.06. The van der Waals surface area contributed by atoms with Crippen molar-refractivity contribution < 1.29 is 30.7 Å². The zero-order chi connectivity index (χ0) is 20.2. The van der Waals surface area contributed by atoms with E-state index in [1.165, 1.54) is 18.1 Å². The zero-order valence-corrected chi connectivity index (χ0v) is 14.0. The highest BCUT2D eigenvalue weighted by Gasteiger charge is 2.24. The summed E-state index contributed by atoms with van der Waals surface area (Å²) in [6.07, 6.45) is -3.32. The van der Waals surface area contributed by atoms with Gasteiger partial charge >= 0.3 is 6.18 Å². The molecule has 27 heavy (non-hydrogen) atoms. The van der Waals surface area contributed by atoms with Gasteiger partial charge < -0.3 is 0 Å². The van der Waals surface area contributed by atoms with Gasteiger partial charge in [-0.05, 0) is 24.1 Å². The lowest BCUT2D eigenvalue weighted by atomic mass is 10.0. The van der Waals surface area contributed by atoms with E-state index in [2.05, 4.69) is 0 Å². The Kier molecular flexibility index (Phi) is 6.32. The molecule has 2 rings (SSSR count). The lowest BCUT2D eigenvalue weighted by Crippen LogP contribution is -2.02. The molecule has 7 heteroatoms. The Bertz CT molecular complexity index is 887. The third kappa shape index (κ3) is 5.36. The van der Waals surface area contributed by atoms with Gasteiger partial charge in [-0.25, -0.2) is 17.6 Å². The molecule has 0 spiro atoms. The van der Waals surface area contributed by atoms with Crippen LogP contribution in [0, 0.1) is 23.5 Å². The number of alkyl halides is 3. The van der Waals surface area contributed by atoms with Crippen molar-refractivity contribution in [2.24, 2.45) is 0 Å². The first kappa shape index (κ1) is 20.6. The fraction of sp³-hybridized carbons (Fsp3) is 0.200. The Morgan fingerprint density at radius 1 is 0.889 bits per heavy atom. The molecule has 0 aliphatic heterocycles. The van der Waals surface area contributed by atoms with Crippen molar-refractivity contribution in [3.05, 3.63) is 70.3 Å². The van der Waals surface area contributed by atoms with E-state index in [1.807, 2.05) is 6.92 Å². The van der Waals surface area contributed by atoms with Crippen LogP contribution >= 0.6 is 0 Å². The molecule has 0 radical (unpaired) electrons. The minimum Gasteiger partial charge on any atom is -0.205 e. The molecule has 0 fully saturated rings. The predicted molar refractivity (Wildman–Crippen MR) is 88.8 cm³/mol. The van der Waals surface area contributed by atoms with Crippen LogP contribution < -0.4 is 0 Å². The summed E-state index contributed by atoms with van der Waals surface area (Å²) in [6.45, 7) is 1.96. The minimum absolute atomic E-state index is 0.130. The van der Waals surface area contributed by atoms with Crippen molar-refractivity contribution in [3.63, 3.8) is 0 Å². The van der Waals surface area contributed by atoms with Crippen molar-refractivity contribution in [3.8, 4) is 11.8 Å². The molecule has 0 N–H and O–H groups in total. The van der Waals surface area contributed by atoms with Gasteiger partial charge in [0.05, 0.1) is 5.56 Å². The van der Waals surface area contributed by atoms with Gasteiger partial charge in [-0.3, -0.25) is 0 Å². The minimum atomic E-state index is -4.95. The molecule has 0 amide bonds. The largest absolute Gasteiger partial charge is 0.458 e. The van der Waals surface area contributed by atoms with Crippen LogP contribution in [0.25, 0.3) is 11.7 Å². The number of benzene rings is 2. The Labute approximate surface area is 151 Å². The number of aryl methyl sites for hydroxylation is 1. The molecule has 0 nitrogen and oxygen atoms in total. The molecule has 142 valence electrons. The van der Waals surface area contributed by atoms with Gasteiger partial charge in [0.2, 0.25) is 0 Å². The second-order valence-electron chi connectivity index (χ2n) is 5.64. The summed E-state index contributed by atoms with van der Waals surface area (Å²) in [7, 11) is 0. The van der Waals surface area contributed by atoms with E-state index < -0.39 is 40.6 Å². The van der Waals surface area contributed by atoms with E-state index in [4.69, 9.17) is 0 Å². The van der Waals surface area contributed by atoms with Crippen molar-refractivity contribution in [1.82, 2.24) is 0 Å². The van der Waals surface area contributed by atoms with Gasteiger partial charge in [-0.15, -0.1) is 0 Å². The Morgan fingerprint density at radius 2 is 1.41 bits per heavy atom. The average molecular weight is 386 g/mol. The maximum absolute atomic E-state index is 14.3. The van der Waals surface area contributed by atoms with E-state index >= 15 is 0 Å². The van der Waals surface area contributed by atoms with Gasteiger partial charge in [0.25, 0.3) is 0 Å². The van der Waals surface area contributed by atoms with Crippen LogP contribution in [0.2, 0.25) is 0 Å². The van der Waals surface area contributed by atoms with Crippen LogP contribution in [0.4, 0.5) is 30.7 Å². The maximum atomic E-state index is 14.3.